The SMILES string of the molecule is OCc1ccc(Nc2ccc(Br)cc2)c(-c2ccc(Br)cc2)c1. The second kappa shape index (κ2) is 7.30. The van der Waals surface area contributed by atoms with Gasteiger partial charge in [0.15, 0.2) is 0 Å². The third kappa shape index (κ3) is 4.02. The van der Waals surface area contributed by atoms with Crippen molar-refractivity contribution in [2.75, 3.05) is 5.32 Å². The number of aliphatic hydroxyl groups is 1. The maximum atomic E-state index is 9.43. The van der Waals surface area contributed by atoms with Crippen molar-refractivity contribution in [2.45, 2.75) is 6.61 Å². The van der Waals surface area contributed by atoms with E-state index in [1.807, 2.05) is 54.6 Å². The monoisotopic (exact) mass is 431 g/mol. The van der Waals surface area contributed by atoms with E-state index >= 15 is 0 Å². The molecule has 3 aromatic rings. The standard InChI is InChI=1S/C19H15Br2NO/c20-15-4-2-14(3-5-15)18-11-13(12-23)1-10-19(18)22-17-8-6-16(21)7-9-17/h1-11,22-23H,12H2. The molecule has 3 rings (SSSR count). The Morgan fingerprint density at radius 2 is 1.39 bits per heavy atom. The van der Waals surface area contributed by atoms with E-state index in [0.29, 0.717) is 0 Å². The molecule has 0 aliphatic rings. The molecule has 0 radical (unpaired) electrons. The number of anilines is 2. The Hall–Kier alpha value is -1.62. The van der Waals surface area contributed by atoms with E-state index in [2.05, 4.69) is 49.3 Å². The van der Waals surface area contributed by atoms with Crippen LogP contribution in [0.25, 0.3) is 11.1 Å². The fourth-order valence-electron chi connectivity index (χ4n) is 2.36. The van der Waals surface area contributed by atoms with E-state index in [1.54, 1.807) is 0 Å². The van der Waals surface area contributed by atoms with Gasteiger partial charge in [-0.2, -0.15) is 0 Å². The Balaban J connectivity index is 2.01. The topological polar surface area (TPSA) is 32.3 Å². The fraction of sp³-hybridized carbons (Fsp3) is 0.0526. The Kier molecular flexibility index (Phi) is 5.16. The predicted molar refractivity (Wildman–Crippen MR) is 103 cm³/mol. The molecule has 3 aromatic carbocycles. The molecule has 0 aliphatic heterocycles. The van der Waals surface area contributed by atoms with E-state index in [4.69, 9.17) is 0 Å². The van der Waals surface area contributed by atoms with Gasteiger partial charge in [-0.3, -0.25) is 0 Å². The minimum atomic E-state index is 0.0299. The summed E-state index contributed by atoms with van der Waals surface area (Å²) in [6.45, 7) is 0.0299. The van der Waals surface area contributed by atoms with Crippen LogP contribution in [-0.2, 0) is 6.61 Å². The molecule has 0 aromatic heterocycles. The highest BCUT2D eigenvalue weighted by Crippen LogP contribution is 2.32. The predicted octanol–water partition coefficient (Wildman–Crippen LogP) is 6.11. The van der Waals surface area contributed by atoms with Crippen molar-refractivity contribution in [3.63, 3.8) is 0 Å². The van der Waals surface area contributed by atoms with E-state index in [9.17, 15) is 5.11 Å². The molecule has 4 heteroatoms. The molecule has 23 heavy (non-hydrogen) atoms. The summed E-state index contributed by atoms with van der Waals surface area (Å²) in [7, 11) is 0. The summed E-state index contributed by atoms with van der Waals surface area (Å²) in [4.78, 5) is 0. The van der Waals surface area contributed by atoms with Crippen molar-refractivity contribution >= 4 is 43.2 Å². The van der Waals surface area contributed by atoms with Crippen LogP contribution in [0.2, 0.25) is 0 Å². The summed E-state index contributed by atoms with van der Waals surface area (Å²) in [6, 6.07) is 22.2. The zero-order valence-electron chi connectivity index (χ0n) is 12.3. The van der Waals surface area contributed by atoms with E-state index < -0.39 is 0 Å². The zero-order valence-corrected chi connectivity index (χ0v) is 15.4. The van der Waals surface area contributed by atoms with E-state index in [-0.39, 0.29) is 6.61 Å². The second-order valence-corrected chi connectivity index (χ2v) is 7.01. The summed E-state index contributed by atoms with van der Waals surface area (Å²) in [6.07, 6.45) is 0. The number of halogens is 2. The summed E-state index contributed by atoms with van der Waals surface area (Å²) >= 11 is 6.91. The highest BCUT2D eigenvalue weighted by Gasteiger charge is 2.07. The van der Waals surface area contributed by atoms with Crippen LogP contribution in [-0.4, -0.2) is 5.11 Å². The summed E-state index contributed by atoms with van der Waals surface area (Å²) in [5.74, 6) is 0. The average Bonchev–Trinajstić information content (AvgIpc) is 2.58. The number of hydrogen-bond donors (Lipinski definition) is 2. The molecule has 0 fully saturated rings. The van der Waals surface area contributed by atoms with Crippen molar-refractivity contribution in [2.24, 2.45) is 0 Å². The molecule has 0 spiro atoms. The van der Waals surface area contributed by atoms with Crippen LogP contribution in [0.15, 0.2) is 75.7 Å². The van der Waals surface area contributed by atoms with Crippen LogP contribution in [0, 0.1) is 0 Å². The number of nitrogens with one attached hydrogen (secondary N) is 1. The lowest BCUT2D eigenvalue weighted by Gasteiger charge is -2.14. The minimum absolute atomic E-state index is 0.0299. The molecule has 0 saturated carbocycles. The summed E-state index contributed by atoms with van der Waals surface area (Å²) < 4.78 is 2.09. The van der Waals surface area contributed by atoms with Gasteiger partial charge in [-0.25, -0.2) is 0 Å². The van der Waals surface area contributed by atoms with Crippen LogP contribution < -0.4 is 5.32 Å². The molecular weight excluding hydrogens is 418 g/mol. The van der Waals surface area contributed by atoms with E-state index in [0.717, 1.165) is 37.0 Å². The Morgan fingerprint density at radius 1 is 0.783 bits per heavy atom. The average molecular weight is 433 g/mol. The van der Waals surface area contributed by atoms with Crippen LogP contribution >= 0.6 is 31.9 Å². The first-order chi connectivity index (χ1) is 11.2. The van der Waals surface area contributed by atoms with Gasteiger partial charge in [-0.15, -0.1) is 0 Å². The van der Waals surface area contributed by atoms with Crippen molar-refractivity contribution in [3.05, 3.63) is 81.2 Å². The zero-order chi connectivity index (χ0) is 16.2. The Bertz CT molecular complexity index is 799. The summed E-state index contributed by atoms with van der Waals surface area (Å²) in [5, 5.41) is 12.9. The first-order valence-corrected chi connectivity index (χ1v) is 8.76. The first kappa shape index (κ1) is 16.2. The van der Waals surface area contributed by atoms with Gasteiger partial charge in [0, 0.05) is 25.9 Å². The molecular formula is C19H15Br2NO. The van der Waals surface area contributed by atoms with Crippen LogP contribution in [0.5, 0.6) is 0 Å². The third-order valence-corrected chi connectivity index (χ3v) is 4.60. The maximum Gasteiger partial charge on any atom is 0.0682 e. The van der Waals surface area contributed by atoms with Crippen molar-refractivity contribution in [3.8, 4) is 11.1 Å². The van der Waals surface area contributed by atoms with Crippen molar-refractivity contribution < 1.29 is 5.11 Å². The summed E-state index contributed by atoms with van der Waals surface area (Å²) in [5.41, 5.74) is 5.08. The largest absolute Gasteiger partial charge is 0.392 e. The second-order valence-electron chi connectivity index (χ2n) is 5.18. The normalized spacial score (nSPS) is 10.6. The van der Waals surface area contributed by atoms with Crippen LogP contribution in [0.3, 0.4) is 0 Å². The first-order valence-electron chi connectivity index (χ1n) is 7.18. The minimum Gasteiger partial charge on any atom is -0.392 e. The number of aliphatic hydroxyl groups excluding tert-OH is 1. The van der Waals surface area contributed by atoms with Gasteiger partial charge in [0.2, 0.25) is 0 Å². The lowest BCUT2D eigenvalue weighted by molar-refractivity contribution is 0.282. The molecule has 0 saturated heterocycles. The van der Waals surface area contributed by atoms with Gasteiger partial charge in [0.1, 0.15) is 0 Å². The van der Waals surface area contributed by atoms with Crippen LogP contribution in [0.1, 0.15) is 5.56 Å². The lowest BCUT2D eigenvalue weighted by atomic mass is 10.0. The smallest absolute Gasteiger partial charge is 0.0682 e. The Morgan fingerprint density at radius 3 is 2.00 bits per heavy atom. The quantitative estimate of drug-likeness (QED) is 0.520. The van der Waals surface area contributed by atoms with E-state index in [1.165, 1.54) is 0 Å². The van der Waals surface area contributed by atoms with Gasteiger partial charge < -0.3 is 10.4 Å². The Labute approximate surface area is 152 Å². The van der Waals surface area contributed by atoms with Gasteiger partial charge in [0.05, 0.1) is 6.61 Å². The van der Waals surface area contributed by atoms with Gasteiger partial charge in [-0.1, -0.05) is 50.1 Å². The lowest BCUT2D eigenvalue weighted by Crippen LogP contribution is -1.95. The molecule has 0 bridgehead atoms. The highest BCUT2D eigenvalue weighted by molar-refractivity contribution is 9.10. The molecule has 0 aliphatic carbocycles. The number of rotatable bonds is 4. The molecule has 0 unspecified atom stereocenters. The van der Waals surface area contributed by atoms with Gasteiger partial charge in [0.25, 0.3) is 0 Å². The fourth-order valence-corrected chi connectivity index (χ4v) is 2.88. The van der Waals surface area contributed by atoms with Crippen molar-refractivity contribution in [1.29, 1.82) is 0 Å². The van der Waals surface area contributed by atoms with Gasteiger partial charge >= 0.3 is 0 Å². The van der Waals surface area contributed by atoms with Crippen molar-refractivity contribution in [1.82, 2.24) is 0 Å². The molecule has 2 nitrogen and oxygen atoms in total. The maximum absolute atomic E-state index is 9.43. The third-order valence-electron chi connectivity index (χ3n) is 3.55. The molecule has 2 N–H and O–H groups in total. The molecule has 0 amide bonds. The van der Waals surface area contributed by atoms with Gasteiger partial charge in [-0.05, 0) is 59.7 Å². The number of hydrogen-bond acceptors (Lipinski definition) is 2. The molecule has 0 heterocycles. The molecule has 0 atom stereocenters. The highest BCUT2D eigenvalue weighted by atomic mass is 79.9. The van der Waals surface area contributed by atoms with Crippen LogP contribution in [0.4, 0.5) is 11.4 Å². The number of benzene rings is 3. The molecule has 116 valence electrons.